The molecule has 0 unspecified atom stereocenters. The van der Waals surface area contributed by atoms with Gasteiger partial charge in [0.2, 0.25) is 0 Å². The molecule has 0 aliphatic carbocycles. The molecule has 0 aromatic heterocycles. The summed E-state index contributed by atoms with van der Waals surface area (Å²) in [5.41, 5.74) is 11.1. The summed E-state index contributed by atoms with van der Waals surface area (Å²) in [5, 5.41) is 1.89. The highest BCUT2D eigenvalue weighted by Crippen LogP contribution is 2.12. The average Bonchev–Trinajstić information content (AvgIpc) is 2.35. The SMILES string of the molecule is CC(C)[C@H](OC(=O)c1ccc(N)cc1)C(=O)NC(N)=O. The van der Waals surface area contributed by atoms with Gasteiger partial charge in [-0.05, 0) is 30.2 Å². The van der Waals surface area contributed by atoms with Gasteiger partial charge in [0.05, 0.1) is 5.56 Å². The lowest BCUT2D eigenvalue weighted by Crippen LogP contribution is -2.45. The maximum absolute atomic E-state index is 11.9. The fourth-order valence-electron chi connectivity index (χ4n) is 1.49. The van der Waals surface area contributed by atoms with Gasteiger partial charge in [-0.25, -0.2) is 9.59 Å². The van der Waals surface area contributed by atoms with Crippen LogP contribution in [0.3, 0.4) is 0 Å². The molecular weight excluding hydrogens is 262 g/mol. The third kappa shape index (κ3) is 4.27. The summed E-state index contributed by atoms with van der Waals surface area (Å²) in [6.45, 7) is 3.36. The number of primary amides is 1. The van der Waals surface area contributed by atoms with Gasteiger partial charge < -0.3 is 16.2 Å². The van der Waals surface area contributed by atoms with E-state index in [1.54, 1.807) is 26.0 Å². The molecule has 108 valence electrons. The van der Waals surface area contributed by atoms with Gasteiger partial charge in [-0.3, -0.25) is 10.1 Å². The van der Waals surface area contributed by atoms with Gasteiger partial charge >= 0.3 is 12.0 Å². The molecule has 0 saturated carbocycles. The predicted octanol–water partition coefficient (Wildman–Crippen LogP) is 0.645. The molecule has 0 bridgehead atoms. The van der Waals surface area contributed by atoms with E-state index in [2.05, 4.69) is 0 Å². The van der Waals surface area contributed by atoms with Crippen LogP contribution in [0.1, 0.15) is 24.2 Å². The quantitative estimate of drug-likeness (QED) is 0.551. The molecule has 0 saturated heterocycles. The average molecular weight is 279 g/mol. The van der Waals surface area contributed by atoms with Gasteiger partial charge in [0.25, 0.3) is 5.91 Å². The van der Waals surface area contributed by atoms with E-state index in [9.17, 15) is 14.4 Å². The van der Waals surface area contributed by atoms with Crippen LogP contribution in [0.25, 0.3) is 0 Å². The van der Waals surface area contributed by atoms with E-state index in [0.29, 0.717) is 5.69 Å². The maximum atomic E-state index is 11.9. The van der Waals surface area contributed by atoms with E-state index in [1.165, 1.54) is 12.1 Å². The number of carbonyl (C=O) groups is 3. The summed E-state index contributed by atoms with van der Waals surface area (Å²) in [7, 11) is 0. The Morgan fingerprint density at radius 2 is 1.70 bits per heavy atom. The molecule has 0 fully saturated rings. The Morgan fingerprint density at radius 3 is 2.15 bits per heavy atom. The summed E-state index contributed by atoms with van der Waals surface area (Å²) in [6.07, 6.45) is -1.10. The third-order valence-corrected chi connectivity index (χ3v) is 2.49. The molecule has 0 heterocycles. The summed E-state index contributed by atoms with van der Waals surface area (Å²) < 4.78 is 5.10. The number of nitrogens with one attached hydrogen (secondary N) is 1. The molecule has 0 aliphatic heterocycles. The highest BCUT2D eigenvalue weighted by molar-refractivity contribution is 5.98. The van der Waals surface area contributed by atoms with Gasteiger partial charge in [0.1, 0.15) is 0 Å². The maximum Gasteiger partial charge on any atom is 0.338 e. The van der Waals surface area contributed by atoms with Crippen molar-refractivity contribution in [3.8, 4) is 0 Å². The van der Waals surface area contributed by atoms with Crippen LogP contribution in [0, 0.1) is 5.92 Å². The number of ether oxygens (including phenoxy) is 1. The Hall–Kier alpha value is -2.57. The number of nitrogens with two attached hydrogens (primary N) is 2. The van der Waals surface area contributed by atoms with Gasteiger partial charge in [-0.1, -0.05) is 13.8 Å². The van der Waals surface area contributed by atoms with Crippen molar-refractivity contribution in [3.63, 3.8) is 0 Å². The van der Waals surface area contributed by atoms with Crippen molar-refractivity contribution in [1.29, 1.82) is 0 Å². The van der Waals surface area contributed by atoms with E-state index in [4.69, 9.17) is 16.2 Å². The van der Waals surface area contributed by atoms with E-state index in [-0.39, 0.29) is 11.5 Å². The monoisotopic (exact) mass is 279 g/mol. The second kappa shape index (κ2) is 6.55. The van der Waals surface area contributed by atoms with Crippen LogP contribution < -0.4 is 16.8 Å². The minimum absolute atomic E-state index is 0.261. The Kier molecular flexibility index (Phi) is 5.08. The molecule has 1 aromatic carbocycles. The van der Waals surface area contributed by atoms with Gasteiger partial charge in [-0.2, -0.15) is 0 Å². The predicted molar refractivity (Wildman–Crippen MR) is 72.6 cm³/mol. The Morgan fingerprint density at radius 1 is 1.15 bits per heavy atom. The zero-order chi connectivity index (χ0) is 15.3. The Labute approximate surface area is 116 Å². The summed E-state index contributed by atoms with van der Waals surface area (Å²) >= 11 is 0. The molecule has 5 N–H and O–H groups in total. The molecule has 7 heteroatoms. The minimum atomic E-state index is -1.10. The molecule has 20 heavy (non-hydrogen) atoms. The smallest absolute Gasteiger partial charge is 0.338 e. The van der Waals surface area contributed by atoms with Crippen molar-refractivity contribution >= 4 is 23.6 Å². The highest BCUT2D eigenvalue weighted by atomic mass is 16.5. The fourth-order valence-corrected chi connectivity index (χ4v) is 1.49. The van der Waals surface area contributed by atoms with E-state index in [1.807, 2.05) is 5.32 Å². The van der Waals surface area contributed by atoms with Crippen LogP contribution in [-0.4, -0.2) is 24.0 Å². The lowest BCUT2D eigenvalue weighted by atomic mass is 10.1. The molecule has 1 aromatic rings. The first-order valence-corrected chi connectivity index (χ1v) is 5.98. The molecular formula is C13H17N3O4. The third-order valence-electron chi connectivity index (χ3n) is 2.49. The second-order valence-corrected chi connectivity index (χ2v) is 4.55. The van der Waals surface area contributed by atoms with Gasteiger partial charge in [0.15, 0.2) is 6.10 Å². The number of carbonyl (C=O) groups excluding carboxylic acids is 3. The summed E-state index contributed by atoms with van der Waals surface area (Å²) in [6, 6.07) is 5.07. The Balaban J connectivity index is 2.80. The molecule has 0 radical (unpaired) electrons. The first-order valence-electron chi connectivity index (χ1n) is 5.98. The van der Waals surface area contributed by atoms with Crippen LogP contribution in [-0.2, 0) is 9.53 Å². The van der Waals surface area contributed by atoms with Gasteiger partial charge in [0, 0.05) is 5.69 Å². The number of amides is 3. The first kappa shape index (κ1) is 15.5. The number of hydrogen-bond acceptors (Lipinski definition) is 5. The molecule has 3 amide bonds. The summed E-state index contributed by atoms with van der Waals surface area (Å²) in [5.74, 6) is -1.74. The number of anilines is 1. The Bertz CT molecular complexity index is 511. The van der Waals surface area contributed by atoms with Crippen LogP contribution >= 0.6 is 0 Å². The zero-order valence-electron chi connectivity index (χ0n) is 11.3. The molecule has 1 rings (SSSR count). The number of benzene rings is 1. The van der Waals surface area contributed by atoms with Crippen molar-refractivity contribution < 1.29 is 19.1 Å². The fraction of sp³-hybridized carbons (Fsp3) is 0.308. The van der Waals surface area contributed by atoms with Gasteiger partial charge in [-0.15, -0.1) is 0 Å². The van der Waals surface area contributed by atoms with Crippen LogP contribution in [0.2, 0.25) is 0 Å². The van der Waals surface area contributed by atoms with Crippen LogP contribution in [0.5, 0.6) is 0 Å². The number of imide groups is 1. The van der Waals surface area contributed by atoms with E-state index >= 15 is 0 Å². The van der Waals surface area contributed by atoms with Crippen LogP contribution in [0.4, 0.5) is 10.5 Å². The topological polar surface area (TPSA) is 125 Å². The lowest BCUT2D eigenvalue weighted by molar-refractivity contribution is -0.130. The zero-order valence-corrected chi connectivity index (χ0v) is 11.3. The number of urea groups is 1. The lowest BCUT2D eigenvalue weighted by Gasteiger charge is -2.19. The standard InChI is InChI=1S/C13H17N3O4/c1-7(2)10(11(17)16-13(15)19)20-12(18)8-3-5-9(14)6-4-8/h3-7,10H,14H2,1-2H3,(H3,15,16,17,19)/t10-/m0/s1. The normalized spacial score (nSPS) is 11.8. The minimum Gasteiger partial charge on any atom is -0.448 e. The number of hydrogen-bond donors (Lipinski definition) is 3. The number of esters is 1. The van der Waals surface area contributed by atoms with E-state index < -0.39 is 24.0 Å². The van der Waals surface area contributed by atoms with Crippen molar-refractivity contribution in [3.05, 3.63) is 29.8 Å². The number of nitrogen functional groups attached to an aromatic ring is 1. The van der Waals surface area contributed by atoms with Crippen LogP contribution in [0.15, 0.2) is 24.3 Å². The van der Waals surface area contributed by atoms with Crippen molar-refractivity contribution in [2.75, 3.05) is 5.73 Å². The number of rotatable bonds is 4. The first-order chi connectivity index (χ1) is 9.31. The van der Waals surface area contributed by atoms with Crippen molar-refractivity contribution in [2.24, 2.45) is 11.7 Å². The molecule has 0 spiro atoms. The van der Waals surface area contributed by atoms with E-state index in [0.717, 1.165) is 0 Å². The molecule has 1 atom stereocenters. The van der Waals surface area contributed by atoms with Crippen molar-refractivity contribution in [1.82, 2.24) is 5.32 Å². The second-order valence-electron chi connectivity index (χ2n) is 4.55. The van der Waals surface area contributed by atoms with Crippen molar-refractivity contribution in [2.45, 2.75) is 20.0 Å². The summed E-state index contributed by atoms with van der Waals surface area (Å²) in [4.78, 5) is 34.3. The highest BCUT2D eigenvalue weighted by Gasteiger charge is 2.27. The molecule has 7 nitrogen and oxygen atoms in total. The largest absolute Gasteiger partial charge is 0.448 e. The molecule has 0 aliphatic rings.